The second kappa shape index (κ2) is 14.7. The van der Waals surface area contributed by atoms with Crippen LogP contribution in [0.4, 0.5) is 5.82 Å². The van der Waals surface area contributed by atoms with Gasteiger partial charge in [-0.15, -0.1) is 11.6 Å². The average molecular weight is 655 g/mol. The number of carboxylic acid groups (broad SMARTS) is 1. The molecule has 1 N–H and O–H groups in total. The summed E-state index contributed by atoms with van der Waals surface area (Å²) in [5.41, 5.74) is 3.43. The van der Waals surface area contributed by atoms with Crippen molar-refractivity contribution < 1.29 is 23.1 Å². The van der Waals surface area contributed by atoms with Crippen LogP contribution in [0, 0.1) is 11.3 Å². The van der Waals surface area contributed by atoms with Gasteiger partial charge in [0.2, 0.25) is 10.0 Å². The number of hydrogen-bond donors (Lipinski definition) is 1. The molecule has 0 radical (unpaired) electrons. The zero-order chi connectivity index (χ0) is 32.0. The van der Waals surface area contributed by atoms with Gasteiger partial charge in [-0.25, -0.2) is 8.42 Å². The minimum atomic E-state index is -3.64. The maximum absolute atomic E-state index is 12.7. The van der Waals surface area contributed by atoms with E-state index >= 15 is 0 Å². The standard InChI is InChI=1S/C31H37ClN6O3S.CH2O2/c1-36-15-5-8-25(36)20-41-31-34-29-18-23(27-10-4-7-22-6-2-3-9-26(22)27)11-12-28(29)30(35-31)37-16-17-38(42(39,40)21-32)24(19-37)13-14-33;2-1-3/h2-4,6-7,9-10,23-25H,5,8,11-13,15-21H2,1H3;1H,(H,2,3). The van der Waals surface area contributed by atoms with Crippen LogP contribution in [0.25, 0.3) is 10.8 Å². The first-order valence-electron chi connectivity index (χ1n) is 15.2. The fourth-order valence-corrected chi connectivity index (χ4v) is 8.32. The molecular weight excluding hydrogens is 616 g/mol. The molecule has 0 saturated carbocycles. The van der Waals surface area contributed by atoms with Gasteiger partial charge in [-0.05, 0) is 68.0 Å². The number of alkyl halides is 1. The predicted molar refractivity (Wildman–Crippen MR) is 173 cm³/mol. The molecule has 1 aliphatic carbocycles. The molecule has 3 heterocycles. The summed E-state index contributed by atoms with van der Waals surface area (Å²) < 4.78 is 33.0. The second-order valence-corrected chi connectivity index (χ2v) is 14.3. The molecule has 13 heteroatoms. The Bertz CT molecular complexity index is 1650. The number of benzene rings is 2. The van der Waals surface area contributed by atoms with Crippen LogP contribution in [0.1, 0.15) is 48.4 Å². The van der Waals surface area contributed by atoms with Gasteiger partial charge in [-0.3, -0.25) is 4.79 Å². The summed E-state index contributed by atoms with van der Waals surface area (Å²) in [6.45, 7) is 2.42. The number of nitrogens with zero attached hydrogens (tertiary/aromatic N) is 6. The Morgan fingerprint density at radius 3 is 2.62 bits per heavy atom. The topological polar surface area (TPSA) is 140 Å². The molecule has 0 bridgehead atoms. The number of likely N-dealkylation sites (tertiary alicyclic amines) is 1. The number of piperazine rings is 1. The maximum atomic E-state index is 12.7. The van der Waals surface area contributed by atoms with Crippen LogP contribution < -0.4 is 9.64 Å². The smallest absolute Gasteiger partial charge is 0.318 e. The Balaban J connectivity index is 0.00000128. The monoisotopic (exact) mass is 654 g/mol. The number of ether oxygens (including phenoxy) is 1. The number of hydrogen-bond acceptors (Lipinski definition) is 9. The van der Waals surface area contributed by atoms with E-state index < -0.39 is 21.3 Å². The Kier molecular flexibility index (Phi) is 10.8. The molecule has 0 amide bonds. The van der Waals surface area contributed by atoms with Gasteiger partial charge in [0.25, 0.3) is 6.47 Å². The van der Waals surface area contributed by atoms with Crippen molar-refractivity contribution in [3.63, 3.8) is 0 Å². The van der Waals surface area contributed by atoms with Gasteiger partial charge in [0.15, 0.2) is 0 Å². The molecule has 11 nitrogen and oxygen atoms in total. The largest absolute Gasteiger partial charge is 0.483 e. The van der Waals surface area contributed by atoms with Crippen molar-refractivity contribution in [2.24, 2.45) is 0 Å². The van der Waals surface area contributed by atoms with Crippen molar-refractivity contribution in [1.82, 2.24) is 19.2 Å². The van der Waals surface area contributed by atoms with Crippen LogP contribution in [-0.4, -0.2) is 96.3 Å². The van der Waals surface area contributed by atoms with Crippen LogP contribution in [0.2, 0.25) is 0 Å². The highest BCUT2D eigenvalue weighted by Gasteiger charge is 2.37. The second-order valence-electron chi connectivity index (χ2n) is 11.7. The summed E-state index contributed by atoms with van der Waals surface area (Å²) in [5.74, 6) is 1.12. The number of likely N-dealkylation sites (N-methyl/N-ethyl adjacent to an activating group) is 1. The summed E-state index contributed by atoms with van der Waals surface area (Å²) >= 11 is 5.79. The third kappa shape index (κ3) is 7.33. The van der Waals surface area contributed by atoms with Gasteiger partial charge < -0.3 is 19.6 Å². The highest BCUT2D eigenvalue weighted by Crippen LogP contribution is 2.39. The maximum Gasteiger partial charge on any atom is 0.318 e. The lowest BCUT2D eigenvalue weighted by Gasteiger charge is -2.41. The lowest BCUT2D eigenvalue weighted by atomic mass is 9.80. The minimum Gasteiger partial charge on any atom is -0.483 e. The quantitative estimate of drug-likeness (QED) is 0.280. The summed E-state index contributed by atoms with van der Waals surface area (Å²) in [6.07, 6.45) is 4.88. The molecule has 3 aromatic rings. The molecule has 3 unspecified atom stereocenters. The number of rotatable bonds is 8. The molecule has 3 aliphatic rings. The summed E-state index contributed by atoms with van der Waals surface area (Å²) in [7, 11) is -1.52. The Morgan fingerprint density at radius 1 is 1.11 bits per heavy atom. The van der Waals surface area contributed by atoms with E-state index in [-0.39, 0.29) is 19.4 Å². The Labute approximate surface area is 269 Å². The number of fused-ring (bicyclic) bond motifs is 2. The lowest BCUT2D eigenvalue weighted by Crippen LogP contribution is -2.55. The van der Waals surface area contributed by atoms with E-state index in [1.807, 2.05) is 0 Å². The van der Waals surface area contributed by atoms with Crippen molar-refractivity contribution in [1.29, 1.82) is 5.26 Å². The molecule has 2 aliphatic heterocycles. The van der Waals surface area contributed by atoms with Gasteiger partial charge >= 0.3 is 6.01 Å². The number of aromatic nitrogens is 2. The van der Waals surface area contributed by atoms with Gasteiger partial charge in [0.05, 0.1) is 24.2 Å². The van der Waals surface area contributed by atoms with E-state index in [1.54, 1.807) is 0 Å². The zero-order valence-corrected chi connectivity index (χ0v) is 27.0. The number of sulfonamides is 1. The molecule has 240 valence electrons. The van der Waals surface area contributed by atoms with Crippen LogP contribution >= 0.6 is 11.6 Å². The third-order valence-corrected chi connectivity index (χ3v) is 11.4. The molecule has 3 atom stereocenters. The molecular formula is C32H39ClN6O5S. The zero-order valence-electron chi connectivity index (χ0n) is 25.4. The predicted octanol–water partition coefficient (Wildman–Crippen LogP) is 4.01. The van der Waals surface area contributed by atoms with E-state index in [0.29, 0.717) is 37.7 Å². The fraction of sp³-hybridized carbons (Fsp3) is 0.500. The van der Waals surface area contributed by atoms with Crippen LogP contribution in [0.15, 0.2) is 42.5 Å². The third-order valence-electron chi connectivity index (χ3n) is 9.12. The van der Waals surface area contributed by atoms with E-state index in [4.69, 9.17) is 36.2 Å². The molecule has 1 aromatic heterocycles. The highest BCUT2D eigenvalue weighted by molar-refractivity contribution is 7.90. The van der Waals surface area contributed by atoms with Crippen molar-refractivity contribution in [3.05, 3.63) is 59.3 Å². The molecule has 2 aromatic carbocycles. The van der Waals surface area contributed by atoms with Crippen LogP contribution in [0.3, 0.4) is 0 Å². The normalized spacial score (nSPS) is 22.2. The van der Waals surface area contributed by atoms with Crippen LogP contribution in [-0.2, 0) is 27.7 Å². The van der Waals surface area contributed by atoms with E-state index in [0.717, 1.165) is 55.7 Å². The summed E-state index contributed by atoms with van der Waals surface area (Å²) in [5, 5.41) is 18.4. The minimum absolute atomic E-state index is 0.0838. The first-order valence-corrected chi connectivity index (χ1v) is 17.4. The van der Waals surface area contributed by atoms with Crippen molar-refractivity contribution in [2.75, 3.05) is 49.9 Å². The van der Waals surface area contributed by atoms with Gasteiger partial charge in [-0.1, -0.05) is 42.5 Å². The SMILES string of the molecule is CN1CCCC1COc1nc2c(c(N3CCN(S(=O)(=O)CCl)C(CC#N)C3)n1)CCC(c1cccc3ccccc13)C2.O=CO. The van der Waals surface area contributed by atoms with Crippen molar-refractivity contribution in [2.45, 2.75) is 56.5 Å². The first kappa shape index (κ1) is 32.9. The average Bonchev–Trinajstić information content (AvgIpc) is 3.47. The summed E-state index contributed by atoms with van der Waals surface area (Å²) in [6, 6.07) is 17.4. The van der Waals surface area contributed by atoms with E-state index in [9.17, 15) is 13.7 Å². The molecule has 6 rings (SSSR count). The first-order chi connectivity index (χ1) is 21.8. The Morgan fingerprint density at radius 2 is 1.89 bits per heavy atom. The van der Waals surface area contributed by atoms with Gasteiger partial charge in [0.1, 0.15) is 17.6 Å². The summed E-state index contributed by atoms with van der Waals surface area (Å²) in [4.78, 5) is 22.7. The molecule has 45 heavy (non-hydrogen) atoms. The van der Waals surface area contributed by atoms with Crippen molar-refractivity contribution >= 4 is 44.7 Å². The number of anilines is 1. The van der Waals surface area contributed by atoms with E-state index in [1.165, 1.54) is 20.6 Å². The number of halogens is 1. The molecule has 2 fully saturated rings. The molecule has 0 spiro atoms. The Hall–Kier alpha value is -3.50. The van der Waals surface area contributed by atoms with Gasteiger partial charge in [0, 0.05) is 31.2 Å². The van der Waals surface area contributed by atoms with Crippen LogP contribution in [0.5, 0.6) is 6.01 Å². The fourth-order valence-electron chi connectivity index (χ4n) is 6.86. The molecule has 2 saturated heterocycles. The highest BCUT2D eigenvalue weighted by atomic mass is 35.5. The number of carbonyl (C=O) groups is 1. The van der Waals surface area contributed by atoms with Gasteiger partial charge in [-0.2, -0.15) is 19.5 Å². The van der Waals surface area contributed by atoms with Crippen molar-refractivity contribution in [3.8, 4) is 12.1 Å². The number of nitriles is 1. The van der Waals surface area contributed by atoms with E-state index in [2.05, 4.69) is 65.4 Å². The lowest BCUT2D eigenvalue weighted by molar-refractivity contribution is -0.122.